The molecule has 0 saturated carbocycles. The van der Waals surface area contributed by atoms with E-state index < -0.39 is 0 Å². The highest BCUT2D eigenvalue weighted by Crippen LogP contribution is 2.19. The quantitative estimate of drug-likeness (QED) is 0.825. The third kappa shape index (κ3) is 4.67. The van der Waals surface area contributed by atoms with Crippen LogP contribution in [0, 0.1) is 0 Å². The Morgan fingerprint density at radius 3 is 2.91 bits per heavy atom. The predicted molar refractivity (Wildman–Crippen MR) is 88.2 cm³/mol. The van der Waals surface area contributed by atoms with Gasteiger partial charge in [0.2, 0.25) is 5.91 Å². The molecular formula is C17H23ClN2O3. The van der Waals surface area contributed by atoms with Gasteiger partial charge in [0, 0.05) is 44.0 Å². The number of benzene rings is 1. The van der Waals surface area contributed by atoms with Gasteiger partial charge in [0.25, 0.3) is 0 Å². The lowest BCUT2D eigenvalue weighted by Gasteiger charge is -2.33. The zero-order chi connectivity index (χ0) is 16.1. The summed E-state index contributed by atoms with van der Waals surface area (Å²) in [7, 11) is 0. The molecule has 1 aromatic carbocycles. The van der Waals surface area contributed by atoms with E-state index in [-0.39, 0.29) is 12.0 Å². The maximum Gasteiger partial charge on any atom is 0.224 e. The normalized spacial score (nSPS) is 22.5. The molecule has 2 aliphatic heterocycles. The first-order valence-electron chi connectivity index (χ1n) is 8.23. The molecule has 2 fully saturated rings. The number of nitrogens with zero attached hydrogens (tertiary/aromatic N) is 2. The second kappa shape index (κ2) is 8.11. The van der Waals surface area contributed by atoms with Gasteiger partial charge in [0.1, 0.15) is 0 Å². The third-order valence-electron chi connectivity index (χ3n) is 4.30. The Labute approximate surface area is 142 Å². The largest absolute Gasteiger partial charge is 0.374 e. The molecule has 1 amide bonds. The van der Waals surface area contributed by atoms with Crippen molar-refractivity contribution in [3.63, 3.8) is 0 Å². The Morgan fingerprint density at radius 1 is 1.26 bits per heavy atom. The molecule has 0 bridgehead atoms. The van der Waals surface area contributed by atoms with Crippen LogP contribution in [0.1, 0.15) is 18.4 Å². The molecule has 2 heterocycles. The number of hydroxylamine groups is 2. The second-order valence-electron chi connectivity index (χ2n) is 5.99. The molecule has 3 rings (SSSR count). The summed E-state index contributed by atoms with van der Waals surface area (Å²) in [6.45, 7) is 4.24. The van der Waals surface area contributed by atoms with Crippen molar-refractivity contribution in [2.45, 2.75) is 25.4 Å². The number of halogens is 1. The molecule has 1 aromatic rings. The van der Waals surface area contributed by atoms with E-state index in [9.17, 15) is 4.79 Å². The van der Waals surface area contributed by atoms with Crippen molar-refractivity contribution in [3.8, 4) is 0 Å². The summed E-state index contributed by atoms with van der Waals surface area (Å²) in [5.41, 5.74) is 1.07. The SMILES string of the molecule is O=C(CCN1CCCO1)N1CCO[C@@H](Cc2ccccc2Cl)C1. The summed E-state index contributed by atoms with van der Waals surface area (Å²) >= 11 is 6.21. The molecule has 0 N–H and O–H groups in total. The van der Waals surface area contributed by atoms with Gasteiger partial charge in [-0.3, -0.25) is 9.63 Å². The van der Waals surface area contributed by atoms with E-state index >= 15 is 0 Å². The van der Waals surface area contributed by atoms with Crippen molar-refractivity contribution < 1.29 is 14.4 Å². The summed E-state index contributed by atoms with van der Waals surface area (Å²) in [5.74, 6) is 0.174. The van der Waals surface area contributed by atoms with Gasteiger partial charge in [0.15, 0.2) is 0 Å². The van der Waals surface area contributed by atoms with Crippen LogP contribution < -0.4 is 0 Å². The monoisotopic (exact) mass is 338 g/mol. The highest BCUT2D eigenvalue weighted by Gasteiger charge is 2.25. The molecule has 2 saturated heterocycles. The number of hydrogen-bond acceptors (Lipinski definition) is 4. The van der Waals surface area contributed by atoms with Gasteiger partial charge in [0.05, 0.1) is 19.3 Å². The van der Waals surface area contributed by atoms with E-state index in [1.165, 1.54) is 0 Å². The number of rotatable bonds is 5. The van der Waals surface area contributed by atoms with Crippen LogP contribution in [0.15, 0.2) is 24.3 Å². The highest BCUT2D eigenvalue weighted by atomic mass is 35.5. The summed E-state index contributed by atoms with van der Waals surface area (Å²) in [6, 6.07) is 7.79. The van der Waals surface area contributed by atoms with E-state index in [1.54, 1.807) is 0 Å². The molecule has 0 unspecified atom stereocenters. The molecule has 23 heavy (non-hydrogen) atoms. The minimum Gasteiger partial charge on any atom is -0.374 e. The van der Waals surface area contributed by atoms with Crippen molar-refractivity contribution >= 4 is 17.5 Å². The fourth-order valence-corrected chi connectivity index (χ4v) is 3.25. The lowest BCUT2D eigenvalue weighted by atomic mass is 10.1. The maximum atomic E-state index is 12.4. The Kier molecular flexibility index (Phi) is 5.89. The minimum absolute atomic E-state index is 0.00985. The summed E-state index contributed by atoms with van der Waals surface area (Å²) < 4.78 is 5.81. The average molecular weight is 339 g/mol. The smallest absolute Gasteiger partial charge is 0.224 e. The van der Waals surface area contributed by atoms with Crippen LogP contribution in [0.25, 0.3) is 0 Å². The lowest BCUT2D eigenvalue weighted by Crippen LogP contribution is -2.47. The second-order valence-corrected chi connectivity index (χ2v) is 6.40. The molecule has 6 heteroatoms. The van der Waals surface area contributed by atoms with E-state index in [0.29, 0.717) is 32.7 Å². The zero-order valence-electron chi connectivity index (χ0n) is 13.2. The van der Waals surface area contributed by atoms with Crippen molar-refractivity contribution in [2.75, 3.05) is 39.4 Å². The number of carbonyl (C=O) groups excluding carboxylic acids is 1. The number of morpholine rings is 1. The van der Waals surface area contributed by atoms with Crippen molar-refractivity contribution in [2.24, 2.45) is 0 Å². The standard InChI is InChI=1S/C17H23ClN2O3/c18-16-5-2-1-4-14(16)12-15-13-19(9-11-22-15)17(21)6-8-20-7-3-10-23-20/h1-2,4-5,15H,3,6-13H2/t15-/m0/s1. The van der Waals surface area contributed by atoms with E-state index in [0.717, 1.165) is 36.6 Å². The Morgan fingerprint density at radius 2 is 2.13 bits per heavy atom. The first-order chi connectivity index (χ1) is 11.2. The lowest BCUT2D eigenvalue weighted by molar-refractivity contribution is -0.145. The van der Waals surface area contributed by atoms with Crippen LogP contribution in [0.3, 0.4) is 0 Å². The van der Waals surface area contributed by atoms with Crippen molar-refractivity contribution in [3.05, 3.63) is 34.9 Å². The van der Waals surface area contributed by atoms with Crippen LogP contribution >= 0.6 is 11.6 Å². The summed E-state index contributed by atoms with van der Waals surface area (Å²) in [5, 5.41) is 2.64. The molecule has 0 aromatic heterocycles. The van der Waals surface area contributed by atoms with Gasteiger partial charge >= 0.3 is 0 Å². The number of ether oxygens (including phenoxy) is 1. The molecule has 5 nitrogen and oxygen atoms in total. The number of hydrogen-bond donors (Lipinski definition) is 0. The van der Waals surface area contributed by atoms with Gasteiger partial charge < -0.3 is 9.64 Å². The fourth-order valence-electron chi connectivity index (χ4n) is 3.03. The maximum absolute atomic E-state index is 12.4. The number of amides is 1. The van der Waals surface area contributed by atoms with Gasteiger partial charge in [-0.2, -0.15) is 5.06 Å². The van der Waals surface area contributed by atoms with Gasteiger partial charge in [-0.15, -0.1) is 0 Å². The molecule has 0 aliphatic carbocycles. The van der Waals surface area contributed by atoms with Crippen LogP contribution in [-0.2, 0) is 20.8 Å². The van der Waals surface area contributed by atoms with Crippen LogP contribution in [0.2, 0.25) is 5.02 Å². The van der Waals surface area contributed by atoms with Crippen LogP contribution in [-0.4, -0.2) is 61.4 Å². The third-order valence-corrected chi connectivity index (χ3v) is 4.67. The topological polar surface area (TPSA) is 42.0 Å². The predicted octanol–water partition coefficient (Wildman–Crippen LogP) is 2.14. The summed E-state index contributed by atoms with van der Waals surface area (Å²) in [4.78, 5) is 19.7. The van der Waals surface area contributed by atoms with Crippen LogP contribution in [0.4, 0.5) is 0 Å². The van der Waals surface area contributed by atoms with Gasteiger partial charge in [-0.25, -0.2) is 0 Å². The van der Waals surface area contributed by atoms with E-state index in [1.807, 2.05) is 34.2 Å². The van der Waals surface area contributed by atoms with Crippen molar-refractivity contribution in [1.29, 1.82) is 0 Å². The molecule has 126 valence electrons. The molecule has 1 atom stereocenters. The van der Waals surface area contributed by atoms with Crippen LogP contribution in [0.5, 0.6) is 0 Å². The first-order valence-corrected chi connectivity index (χ1v) is 8.61. The van der Waals surface area contributed by atoms with Gasteiger partial charge in [-0.05, 0) is 18.1 Å². The molecule has 0 radical (unpaired) electrons. The van der Waals surface area contributed by atoms with E-state index in [2.05, 4.69) is 0 Å². The highest BCUT2D eigenvalue weighted by molar-refractivity contribution is 6.31. The Balaban J connectivity index is 1.49. The average Bonchev–Trinajstić information content (AvgIpc) is 3.08. The van der Waals surface area contributed by atoms with E-state index in [4.69, 9.17) is 21.2 Å². The molecule has 2 aliphatic rings. The molecular weight excluding hydrogens is 316 g/mol. The minimum atomic E-state index is 0.00985. The zero-order valence-corrected chi connectivity index (χ0v) is 14.0. The molecule has 0 spiro atoms. The van der Waals surface area contributed by atoms with Crippen molar-refractivity contribution in [1.82, 2.24) is 9.96 Å². The number of carbonyl (C=O) groups is 1. The Hall–Kier alpha value is -1.14. The van der Waals surface area contributed by atoms with Gasteiger partial charge in [-0.1, -0.05) is 29.8 Å². The Bertz CT molecular complexity index is 534. The fraction of sp³-hybridized carbons (Fsp3) is 0.588. The summed E-state index contributed by atoms with van der Waals surface area (Å²) in [6.07, 6.45) is 2.29. The first kappa shape index (κ1) is 16.7.